The zero-order valence-electron chi connectivity index (χ0n) is 13.0. The molecule has 0 heterocycles. The van der Waals surface area contributed by atoms with E-state index in [9.17, 15) is 0 Å². The summed E-state index contributed by atoms with van der Waals surface area (Å²) in [4.78, 5) is 0. The fourth-order valence-electron chi connectivity index (χ4n) is 1.76. The summed E-state index contributed by atoms with van der Waals surface area (Å²) in [6.45, 7) is 6.44. The van der Waals surface area contributed by atoms with E-state index in [1.54, 1.807) is 0 Å². The number of benzene rings is 1. The Morgan fingerprint density at radius 2 is 1.90 bits per heavy atom. The van der Waals surface area contributed by atoms with Crippen LogP contribution in [0.1, 0.15) is 57.9 Å². The van der Waals surface area contributed by atoms with Crippen molar-refractivity contribution >= 4 is 0 Å². The van der Waals surface area contributed by atoms with Gasteiger partial charge in [-0.15, -0.1) is 0 Å². The van der Waals surface area contributed by atoms with Crippen molar-refractivity contribution in [1.29, 1.82) is 0 Å². The third kappa shape index (κ3) is 6.48. The molecule has 0 atom stereocenters. The Bertz CT molecular complexity index is 474. The number of hydrogen-bond donors (Lipinski definition) is 0. The Labute approximate surface area is 124 Å². The number of rotatable bonds is 7. The molecule has 0 aliphatic heterocycles. The van der Waals surface area contributed by atoms with Crippen molar-refractivity contribution in [1.82, 2.24) is 0 Å². The molecule has 0 fully saturated rings. The van der Waals surface area contributed by atoms with Crippen LogP contribution in [-0.2, 0) is 0 Å². The number of unbranched alkanes of at least 4 members (excludes halogenated alkanes) is 4. The molecule has 1 aromatic carbocycles. The van der Waals surface area contributed by atoms with Gasteiger partial charge in [-0.2, -0.15) is 0 Å². The van der Waals surface area contributed by atoms with Gasteiger partial charge in [-0.1, -0.05) is 50.8 Å². The predicted octanol–water partition coefficient (Wildman–Crippen LogP) is 5.64. The quantitative estimate of drug-likeness (QED) is 0.354. The smallest absolute Gasteiger partial charge is 0.173 e. The van der Waals surface area contributed by atoms with Crippen LogP contribution in [0.15, 0.2) is 36.1 Å². The lowest BCUT2D eigenvalue weighted by Gasteiger charge is -2.07. The van der Waals surface area contributed by atoms with Gasteiger partial charge in [-0.25, -0.2) is 0 Å². The van der Waals surface area contributed by atoms with E-state index in [4.69, 9.17) is 4.74 Å². The number of hydrogen-bond acceptors (Lipinski definition) is 1. The van der Waals surface area contributed by atoms with Gasteiger partial charge in [-0.3, -0.25) is 0 Å². The van der Waals surface area contributed by atoms with Crippen LogP contribution in [0.5, 0.6) is 5.75 Å². The van der Waals surface area contributed by atoms with Gasteiger partial charge < -0.3 is 4.74 Å². The van der Waals surface area contributed by atoms with Gasteiger partial charge >= 0.3 is 0 Å². The SMILES string of the molecule is CCCCC#C/C(=C/CCCC)Oc1ccccc1C. The van der Waals surface area contributed by atoms with E-state index in [1.165, 1.54) is 19.3 Å². The molecule has 0 bridgehead atoms. The first-order valence-corrected chi connectivity index (χ1v) is 7.70. The van der Waals surface area contributed by atoms with Gasteiger partial charge in [0.05, 0.1) is 0 Å². The van der Waals surface area contributed by atoms with Crippen LogP contribution in [-0.4, -0.2) is 0 Å². The van der Waals surface area contributed by atoms with Crippen molar-refractivity contribution in [3.63, 3.8) is 0 Å². The molecule has 108 valence electrons. The first kappa shape index (κ1) is 16.4. The fraction of sp³-hybridized carbons (Fsp3) is 0.474. The molecule has 1 heteroatoms. The zero-order chi connectivity index (χ0) is 14.6. The van der Waals surface area contributed by atoms with Crippen LogP contribution >= 0.6 is 0 Å². The second kappa shape index (κ2) is 10.1. The number of ether oxygens (including phenoxy) is 1. The average molecular weight is 270 g/mol. The minimum Gasteiger partial charge on any atom is -0.448 e. The number of aryl methyl sites for hydroxylation is 1. The van der Waals surface area contributed by atoms with Gasteiger partial charge in [0.1, 0.15) is 5.75 Å². The second-order valence-electron chi connectivity index (χ2n) is 4.98. The Hall–Kier alpha value is -1.68. The lowest BCUT2D eigenvalue weighted by molar-refractivity contribution is 0.443. The molecule has 1 rings (SSSR count). The normalized spacial score (nSPS) is 10.8. The third-order valence-corrected chi connectivity index (χ3v) is 3.07. The van der Waals surface area contributed by atoms with E-state index < -0.39 is 0 Å². The predicted molar refractivity (Wildman–Crippen MR) is 86.7 cm³/mol. The molecule has 0 radical (unpaired) electrons. The molecule has 20 heavy (non-hydrogen) atoms. The van der Waals surface area contributed by atoms with E-state index in [0.717, 1.165) is 36.3 Å². The summed E-state index contributed by atoms with van der Waals surface area (Å²) in [5, 5.41) is 0. The topological polar surface area (TPSA) is 9.23 Å². The standard InChI is InChI=1S/C19H26O/c1-4-6-8-10-15-18(14-9-7-5-2)20-19-16-12-11-13-17(19)3/h11-14,16H,4-9H2,1-3H3/b18-14-. The van der Waals surface area contributed by atoms with Crippen LogP contribution in [0.25, 0.3) is 0 Å². The van der Waals surface area contributed by atoms with Crippen molar-refractivity contribution in [2.75, 3.05) is 0 Å². The van der Waals surface area contributed by atoms with Crippen LogP contribution in [0.3, 0.4) is 0 Å². The van der Waals surface area contributed by atoms with E-state index in [-0.39, 0.29) is 0 Å². The summed E-state index contributed by atoms with van der Waals surface area (Å²) in [5.74, 6) is 8.09. The maximum absolute atomic E-state index is 5.96. The summed E-state index contributed by atoms with van der Waals surface area (Å²) < 4.78 is 5.96. The Morgan fingerprint density at radius 3 is 2.60 bits per heavy atom. The third-order valence-electron chi connectivity index (χ3n) is 3.07. The van der Waals surface area contributed by atoms with E-state index in [0.29, 0.717) is 0 Å². The van der Waals surface area contributed by atoms with Gasteiger partial charge in [0.2, 0.25) is 0 Å². The van der Waals surface area contributed by atoms with E-state index >= 15 is 0 Å². The molecule has 0 N–H and O–H groups in total. The molecule has 0 aliphatic rings. The number of para-hydroxylation sites is 1. The maximum atomic E-state index is 5.96. The van der Waals surface area contributed by atoms with Crippen molar-refractivity contribution in [2.24, 2.45) is 0 Å². The summed E-state index contributed by atoms with van der Waals surface area (Å²) >= 11 is 0. The highest BCUT2D eigenvalue weighted by atomic mass is 16.5. The second-order valence-corrected chi connectivity index (χ2v) is 4.98. The monoisotopic (exact) mass is 270 g/mol. The first-order chi connectivity index (χ1) is 9.77. The molecular formula is C19H26O. The molecule has 1 aromatic rings. The van der Waals surface area contributed by atoms with Gasteiger partial charge in [-0.05, 0) is 49.8 Å². The molecule has 1 nitrogen and oxygen atoms in total. The Kier molecular flexibility index (Phi) is 8.31. The Morgan fingerprint density at radius 1 is 1.15 bits per heavy atom. The van der Waals surface area contributed by atoms with Gasteiger partial charge in [0, 0.05) is 6.42 Å². The van der Waals surface area contributed by atoms with Crippen molar-refractivity contribution in [2.45, 2.75) is 59.3 Å². The number of allylic oxidation sites excluding steroid dienone is 2. The van der Waals surface area contributed by atoms with Gasteiger partial charge in [0.15, 0.2) is 5.76 Å². The van der Waals surface area contributed by atoms with Crippen molar-refractivity contribution < 1.29 is 4.74 Å². The molecule has 0 spiro atoms. The molecule has 0 saturated heterocycles. The van der Waals surface area contributed by atoms with E-state index in [2.05, 4.69) is 44.8 Å². The van der Waals surface area contributed by atoms with E-state index in [1.807, 2.05) is 18.2 Å². The van der Waals surface area contributed by atoms with Crippen LogP contribution < -0.4 is 4.74 Å². The largest absolute Gasteiger partial charge is 0.448 e. The lowest BCUT2D eigenvalue weighted by Crippen LogP contribution is -1.95. The minimum absolute atomic E-state index is 0.795. The molecule has 0 saturated carbocycles. The lowest BCUT2D eigenvalue weighted by atomic mass is 10.2. The van der Waals surface area contributed by atoms with Crippen molar-refractivity contribution in [3.8, 4) is 17.6 Å². The minimum atomic E-state index is 0.795. The fourth-order valence-corrected chi connectivity index (χ4v) is 1.76. The summed E-state index contributed by atoms with van der Waals surface area (Å²) in [7, 11) is 0. The zero-order valence-corrected chi connectivity index (χ0v) is 13.0. The van der Waals surface area contributed by atoms with Gasteiger partial charge in [0.25, 0.3) is 0 Å². The molecule has 0 aromatic heterocycles. The molecule has 0 unspecified atom stereocenters. The highest BCUT2D eigenvalue weighted by molar-refractivity contribution is 5.36. The molecular weight excluding hydrogens is 244 g/mol. The molecule has 0 aliphatic carbocycles. The summed E-state index contributed by atoms with van der Waals surface area (Å²) in [5.41, 5.74) is 1.14. The average Bonchev–Trinajstić information content (AvgIpc) is 2.46. The molecule has 0 amide bonds. The summed E-state index contributed by atoms with van der Waals surface area (Å²) in [6, 6.07) is 8.08. The first-order valence-electron chi connectivity index (χ1n) is 7.70. The highest BCUT2D eigenvalue weighted by Crippen LogP contribution is 2.19. The maximum Gasteiger partial charge on any atom is 0.173 e. The van der Waals surface area contributed by atoms with Crippen LogP contribution in [0.4, 0.5) is 0 Å². The van der Waals surface area contributed by atoms with Crippen LogP contribution in [0, 0.1) is 18.8 Å². The highest BCUT2D eigenvalue weighted by Gasteiger charge is 2.00. The van der Waals surface area contributed by atoms with Crippen LogP contribution in [0.2, 0.25) is 0 Å². The van der Waals surface area contributed by atoms with Crippen molar-refractivity contribution in [3.05, 3.63) is 41.7 Å². The Balaban J connectivity index is 2.73. The summed E-state index contributed by atoms with van der Waals surface area (Å²) in [6.07, 6.45) is 8.80.